The summed E-state index contributed by atoms with van der Waals surface area (Å²) < 4.78 is 10.5. The lowest BCUT2D eigenvalue weighted by Crippen LogP contribution is -2.42. The lowest BCUT2D eigenvalue weighted by molar-refractivity contribution is -0.136. The van der Waals surface area contributed by atoms with Gasteiger partial charge in [-0.15, -0.1) is 0 Å². The number of amides is 2. The number of carbonyl (C=O) groups is 2. The van der Waals surface area contributed by atoms with E-state index in [-0.39, 0.29) is 18.4 Å². The maximum absolute atomic E-state index is 12.5. The Balaban J connectivity index is 1.53. The largest absolute Gasteiger partial charge is 0.379 e. The van der Waals surface area contributed by atoms with E-state index in [2.05, 4.69) is 20.4 Å². The van der Waals surface area contributed by atoms with E-state index in [1.54, 1.807) is 4.90 Å². The van der Waals surface area contributed by atoms with Crippen LogP contribution in [0.5, 0.6) is 0 Å². The topological polar surface area (TPSA) is 99.8 Å². The van der Waals surface area contributed by atoms with Crippen LogP contribution < -0.4 is 5.32 Å². The number of aromatic amines is 1. The second-order valence-corrected chi connectivity index (χ2v) is 6.44. The first kappa shape index (κ1) is 18.8. The van der Waals surface area contributed by atoms with Gasteiger partial charge < -0.3 is 19.7 Å². The number of H-pyrrole nitrogens is 1. The van der Waals surface area contributed by atoms with Gasteiger partial charge in [-0.3, -0.25) is 19.6 Å². The minimum atomic E-state index is -0.199. The van der Waals surface area contributed by atoms with Gasteiger partial charge in [0.2, 0.25) is 5.91 Å². The quantitative estimate of drug-likeness (QED) is 0.669. The molecule has 0 radical (unpaired) electrons. The summed E-state index contributed by atoms with van der Waals surface area (Å²) >= 11 is 0. The van der Waals surface area contributed by atoms with Gasteiger partial charge in [-0.1, -0.05) is 0 Å². The maximum Gasteiger partial charge on any atom is 0.272 e. The third kappa shape index (κ3) is 4.60. The van der Waals surface area contributed by atoms with Crippen molar-refractivity contribution in [1.82, 2.24) is 25.3 Å². The fourth-order valence-corrected chi connectivity index (χ4v) is 3.21. The zero-order valence-corrected chi connectivity index (χ0v) is 15.3. The molecule has 26 heavy (non-hydrogen) atoms. The second-order valence-electron chi connectivity index (χ2n) is 6.44. The number of nitrogens with one attached hydrogen (secondary N) is 2. The van der Waals surface area contributed by atoms with Crippen LogP contribution in [0.1, 0.15) is 28.7 Å². The van der Waals surface area contributed by atoms with Gasteiger partial charge in [0.25, 0.3) is 5.91 Å². The van der Waals surface area contributed by atoms with Crippen molar-refractivity contribution in [2.45, 2.75) is 19.9 Å². The van der Waals surface area contributed by atoms with Crippen molar-refractivity contribution in [2.75, 3.05) is 59.2 Å². The van der Waals surface area contributed by atoms with Crippen LogP contribution in [0.2, 0.25) is 0 Å². The lowest BCUT2D eigenvalue weighted by Gasteiger charge is -2.27. The average Bonchev–Trinajstić information content (AvgIpc) is 3.10. The zero-order chi connectivity index (χ0) is 18.4. The molecular formula is C17H27N5O4. The molecule has 0 unspecified atom stereocenters. The Kier molecular flexibility index (Phi) is 6.59. The molecule has 1 fully saturated rings. The van der Waals surface area contributed by atoms with Gasteiger partial charge in [-0.05, 0) is 6.92 Å². The Hall–Kier alpha value is -1.97. The molecule has 0 aliphatic carbocycles. The van der Waals surface area contributed by atoms with Crippen molar-refractivity contribution in [2.24, 2.45) is 0 Å². The number of hydrogen-bond donors (Lipinski definition) is 2. The number of morpholine rings is 1. The predicted molar refractivity (Wildman–Crippen MR) is 93.8 cm³/mol. The summed E-state index contributed by atoms with van der Waals surface area (Å²) in [7, 11) is 0. The molecule has 0 saturated carbocycles. The second kappa shape index (κ2) is 9.11. The molecular weight excluding hydrogens is 338 g/mol. The first-order chi connectivity index (χ1) is 12.7. The van der Waals surface area contributed by atoms with Crippen LogP contribution in [-0.2, 0) is 27.2 Å². The summed E-state index contributed by atoms with van der Waals surface area (Å²) in [6.07, 6.45) is 0.668. The monoisotopic (exact) mass is 365 g/mol. The third-order valence-corrected chi connectivity index (χ3v) is 4.75. The summed E-state index contributed by atoms with van der Waals surface area (Å²) in [5.74, 6) is -0.257. The average molecular weight is 365 g/mol. The normalized spacial score (nSPS) is 17.8. The molecule has 2 aliphatic rings. The molecule has 1 aromatic rings. The molecule has 2 aliphatic heterocycles. The van der Waals surface area contributed by atoms with Crippen molar-refractivity contribution in [3.05, 3.63) is 17.0 Å². The lowest BCUT2D eigenvalue weighted by atomic mass is 10.0. The molecule has 0 spiro atoms. The van der Waals surface area contributed by atoms with Crippen molar-refractivity contribution < 1.29 is 19.1 Å². The summed E-state index contributed by atoms with van der Waals surface area (Å²) in [5.41, 5.74) is 2.13. The van der Waals surface area contributed by atoms with Crippen LogP contribution >= 0.6 is 0 Å². The summed E-state index contributed by atoms with van der Waals surface area (Å²) in [5, 5.41) is 10.1. The number of fused-ring (bicyclic) bond motifs is 1. The van der Waals surface area contributed by atoms with Gasteiger partial charge in [-0.2, -0.15) is 5.10 Å². The number of hydrogen-bond acceptors (Lipinski definition) is 6. The molecule has 2 amide bonds. The first-order valence-corrected chi connectivity index (χ1v) is 9.19. The zero-order valence-electron chi connectivity index (χ0n) is 15.3. The van der Waals surface area contributed by atoms with E-state index < -0.39 is 0 Å². The van der Waals surface area contributed by atoms with Crippen LogP contribution in [0.3, 0.4) is 0 Å². The molecule has 0 atom stereocenters. The van der Waals surface area contributed by atoms with E-state index >= 15 is 0 Å². The molecule has 0 bridgehead atoms. The molecule has 3 heterocycles. The van der Waals surface area contributed by atoms with E-state index in [9.17, 15) is 9.59 Å². The number of carbonyl (C=O) groups excluding carboxylic acids is 2. The summed E-state index contributed by atoms with van der Waals surface area (Å²) in [6.45, 7) is 8.07. The molecule has 144 valence electrons. The fraction of sp³-hybridized carbons (Fsp3) is 0.706. The van der Waals surface area contributed by atoms with E-state index in [1.165, 1.54) is 0 Å². The molecule has 9 heteroatoms. The van der Waals surface area contributed by atoms with Crippen LogP contribution in [0.15, 0.2) is 0 Å². The molecule has 1 aromatic heterocycles. The van der Waals surface area contributed by atoms with Gasteiger partial charge in [0.15, 0.2) is 5.69 Å². The minimum Gasteiger partial charge on any atom is -0.379 e. The highest BCUT2D eigenvalue weighted by atomic mass is 16.5. The van der Waals surface area contributed by atoms with Gasteiger partial charge in [0, 0.05) is 63.6 Å². The minimum absolute atomic E-state index is 0.0580. The highest BCUT2D eigenvalue weighted by Gasteiger charge is 2.27. The van der Waals surface area contributed by atoms with Crippen LogP contribution in [0.4, 0.5) is 0 Å². The van der Waals surface area contributed by atoms with Gasteiger partial charge in [0.05, 0.1) is 13.2 Å². The number of ether oxygens (including phenoxy) is 2. The molecule has 1 saturated heterocycles. The number of nitrogens with zero attached hydrogens (tertiary/aromatic N) is 3. The summed E-state index contributed by atoms with van der Waals surface area (Å²) in [4.78, 5) is 28.7. The SMILES string of the molecule is CCOCC(=O)N1CCc2[nH]nc(C(=O)NCCN3CCOCC3)c2C1. The van der Waals surface area contributed by atoms with E-state index in [1.807, 2.05) is 6.92 Å². The number of aromatic nitrogens is 2. The van der Waals surface area contributed by atoms with Crippen molar-refractivity contribution in [3.63, 3.8) is 0 Å². The van der Waals surface area contributed by atoms with Crippen LogP contribution in [0, 0.1) is 0 Å². The van der Waals surface area contributed by atoms with Crippen LogP contribution in [0.25, 0.3) is 0 Å². The number of rotatable bonds is 7. The first-order valence-electron chi connectivity index (χ1n) is 9.19. The standard InChI is InChI=1S/C17H27N5O4/c1-2-25-12-15(23)22-5-3-14-13(11-22)16(20-19-14)17(24)18-4-6-21-7-9-26-10-8-21/h2-12H2,1H3,(H,18,24)(H,19,20). The van der Waals surface area contributed by atoms with Crippen LogP contribution in [-0.4, -0.2) is 91.0 Å². The Labute approximate surface area is 153 Å². The molecule has 0 aromatic carbocycles. The Morgan fingerprint density at radius 2 is 2.12 bits per heavy atom. The third-order valence-electron chi connectivity index (χ3n) is 4.75. The highest BCUT2D eigenvalue weighted by molar-refractivity contribution is 5.94. The van der Waals surface area contributed by atoms with Crippen molar-refractivity contribution >= 4 is 11.8 Å². The molecule has 3 rings (SSSR count). The molecule has 9 nitrogen and oxygen atoms in total. The molecule has 2 N–H and O–H groups in total. The Bertz CT molecular complexity index is 627. The maximum atomic E-state index is 12.5. The smallest absolute Gasteiger partial charge is 0.272 e. The fourth-order valence-electron chi connectivity index (χ4n) is 3.21. The van der Waals surface area contributed by atoms with E-state index in [0.717, 1.165) is 44.1 Å². The van der Waals surface area contributed by atoms with E-state index in [4.69, 9.17) is 9.47 Å². The Morgan fingerprint density at radius 3 is 2.88 bits per heavy atom. The van der Waals surface area contributed by atoms with Gasteiger partial charge >= 0.3 is 0 Å². The van der Waals surface area contributed by atoms with E-state index in [0.29, 0.717) is 38.4 Å². The van der Waals surface area contributed by atoms with Gasteiger partial charge in [0.1, 0.15) is 6.61 Å². The summed E-state index contributed by atoms with van der Waals surface area (Å²) in [6, 6.07) is 0. The van der Waals surface area contributed by atoms with Crippen molar-refractivity contribution in [3.8, 4) is 0 Å². The highest BCUT2D eigenvalue weighted by Crippen LogP contribution is 2.20. The van der Waals surface area contributed by atoms with Crippen molar-refractivity contribution in [1.29, 1.82) is 0 Å². The predicted octanol–water partition coefficient (Wildman–Crippen LogP) is -0.607. The van der Waals surface area contributed by atoms with Gasteiger partial charge in [-0.25, -0.2) is 0 Å². The Morgan fingerprint density at radius 1 is 1.31 bits per heavy atom.